The van der Waals surface area contributed by atoms with Crippen LogP contribution in [0.3, 0.4) is 0 Å². The Morgan fingerprint density at radius 2 is 1.68 bits per heavy atom. The molecule has 1 atom stereocenters. The molecule has 1 aliphatic carbocycles. The first-order valence-corrected chi connectivity index (χ1v) is 15.0. The lowest BCUT2D eigenvalue weighted by atomic mass is 9.95. The standard InChI is InChI=1S/C30H35N3O4S/c1-22(30(35)31-25-15-6-3-7-16-25)32(21-23-11-4-2-5-12-23)28(34)19-10-20-33-26-17-8-13-24-14-9-18-27(29(24)26)38(33,36)37/h2,4-5,8-9,11-14,17-18,22,25H,3,6-7,10,15-16,19-21H2,1H3,(H,31,35)/t22-/m1/s1. The number of carbonyl (C=O) groups excluding carboxylic acids is 2. The Morgan fingerprint density at radius 1 is 0.974 bits per heavy atom. The van der Waals surface area contributed by atoms with Gasteiger partial charge in [-0.1, -0.05) is 73.9 Å². The third-order valence-electron chi connectivity index (χ3n) is 7.75. The number of amides is 2. The molecule has 200 valence electrons. The zero-order chi connectivity index (χ0) is 26.7. The summed E-state index contributed by atoms with van der Waals surface area (Å²) in [5.41, 5.74) is 1.61. The molecule has 0 unspecified atom stereocenters. The predicted molar refractivity (Wildman–Crippen MR) is 149 cm³/mol. The summed E-state index contributed by atoms with van der Waals surface area (Å²) in [5, 5.41) is 4.77. The van der Waals surface area contributed by atoms with Gasteiger partial charge in [-0.2, -0.15) is 0 Å². The van der Waals surface area contributed by atoms with Crippen LogP contribution in [0.1, 0.15) is 57.4 Å². The summed E-state index contributed by atoms with van der Waals surface area (Å²) >= 11 is 0. The fourth-order valence-electron chi connectivity index (χ4n) is 5.65. The van der Waals surface area contributed by atoms with Crippen molar-refractivity contribution in [3.8, 4) is 0 Å². The molecule has 1 fully saturated rings. The first kappa shape index (κ1) is 26.2. The van der Waals surface area contributed by atoms with Crippen molar-refractivity contribution in [2.24, 2.45) is 0 Å². The van der Waals surface area contributed by atoms with E-state index in [2.05, 4.69) is 5.32 Å². The van der Waals surface area contributed by atoms with Gasteiger partial charge in [0.2, 0.25) is 11.8 Å². The maximum Gasteiger partial charge on any atom is 0.265 e. The average Bonchev–Trinajstić information content (AvgIpc) is 3.15. The Morgan fingerprint density at radius 3 is 2.42 bits per heavy atom. The zero-order valence-electron chi connectivity index (χ0n) is 21.8. The van der Waals surface area contributed by atoms with Crippen LogP contribution < -0.4 is 9.62 Å². The van der Waals surface area contributed by atoms with E-state index in [-0.39, 0.29) is 30.8 Å². The molecular formula is C30H35N3O4S. The number of nitrogens with one attached hydrogen (secondary N) is 1. The number of anilines is 1. The van der Waals surface area contributed by atoms with E-state index < -0.39 is 16.1 Å². The minimum atomic E-state index is -3.67. The van der Waals surface area contributed by atoms with Gasteiger partial charge in [-0.05, 0) is 49.3 Å². The van der Waals surface area contributed by atoms with Crippen molar-refractivity contribution in [3.63, 3.8) is 0 Å². The molecule has 0 spiro atoms. The summed E-state index contributed by atoms with van der Waals surface area (Å²) in [6.45, 7) is 2.30. The van der Waals surface area contributed by atoms with E-state index in [9.17, 15) is 18.0 Å². The topological polar surface area (TPSA) is 86.8 Å². The number of nitrogens with zero attached hydrogens (tertiary/aromatic N) is 2. The van der Waals surface area contributed by atoms with E-state index in [1.54, 1.807) is 24.0 Å². The molecule has 1 aliphatic heterocycles. The number of benzene rings is 3. The Kier molecular flexibility index (Phi) is 7.70. The molecule has 8 heteroatoms. The van der Waals surface area contributed by atoms with E-state index in [0.717, 1.165) is 42.0 Å². The van der Waals surface area contributed by atoms with Crippen LogP contribution in [0.25, 0.3) is 10.8 Å². The Bertz CT molecular complexity index is 1410. The first-order valence-electron chi connectivity index (χ1n) is 13.5. The van der Waals surface area contributed by atoms with Gasteiger partial charge < -0.3 is 10.2 Å². The van der Waals surface area contributed by atoms with Crippen LogP contribution in [0.2, 0.25) is 0 Å². The van der Waals surface area contributed by atoms with E-state index in [4.69, 9.17) is 0 Å². The Hall–Kier alpha value is -3.39. The molecule has 3 aromatic carbocycles. The largest absolute Gasteiger partial charge is 0.352 e. The number of rotatable bonds is 9. The smallest absolute Gasteiger partial charge is 0.265 e. The van der Waals surface area contributed by atoms with Crippen molar-refractivity contribution < 1.29 is 18.0 Å². The summed E-state index contributed by atoms with van der Waals surface area (Å²) in [5.74, 6) is -0.294. The van der Waals surface area contributed by atoms with Crippen LogP contribution >= 0.6 is 0 Å². The summed E-state index contributed by atoms with van der Waals surface area (Å²) in [6.07, 6.45) is 5.88. The van der Waals surface area contributed by atoms with Crippen molar-refractivity contribution in [2.75, 3.05) is 10.8 Å². The molecular weight excluding hydrogens is 498 g/mol. The van der Waals surface area contributed by atoms with Crippen LogP contribution in [-0.2, 0) is 26.2 Å². The SMILES string of the molecule is C[C@H](C(=O)NC1CCCCC1)N(Cc1ccccc1)C(=O)CCCN1c2cccc3cccc(c23)S1(=O)=O. The maximum atomic E-state index is 13.5. The number of hydrogen-bond donors (Lipinski definition) is 1. The van der Waals surface area contributed by atoms with Crippen molar-refractivity contribution in [2.45, 2.75) is 75.4 Å². The summed E-state index contributed by atoms with van der Waals surface area (Å²) in [7, 11) is -3.67. The van der Waals surface area contributed by atoms with Crippen LogP contribution in [-0.4, -0.2) is 43.8 Å². The molecule has 38 heavy (non-hydrogen) atoms. The number of sulfonamides is 1. The first-order chi connectivity index (χ1) is 18.4. The van der Waals surface area contributed by atoms with Crippen molar-refractivity contribution in [1.29, 1.82) is 0 Å². The molecule has 2 amide bonds. The zero-order valence-corrected chi connectivity index (χ0v) is 22.6. The maximum absolute atomic E-state index is 13.5. The highest BCUT2D eigenvalue weighted by Crippen LogP contribution is 2.42. The van der Waals surface area contributed by atoms with Gasteiger partial charge >= 0.3 is 0 Å². The monoisotopic (exact) mass is 533 g/mol. The third-order valence-corrected chi connectivity index (χ3v) is 9.60. The summed E-state index contributed by atoms with van der Waals surface area (Å²) < 4.78 is 28.0. The second-order valence-electron chi connectivity index (χ2n) is 10.3. The highest BCUT2D eigenvalue weighted by atomic mass is 32.2. The summed E-state index contributed by atoms with van der Waals surface area (Å²) in [4.78, 5) is 28.6. The Labute approximate surface area is 224 Å². The molecule has 3 aromatic rings. The van der Waals surface area contributed by atoms with Gasteiger partial charge in [0.1, 0.15) is 6.04 Å². The van der Waals surface area contributed by atoms with Gasteiger partial charge in [0.05, 0.1) is 10.6 Å². The molecule has 1 N–H and O–H groups in total. The normalized spacial score (nSPS) is 17.3. The molecule has 0 bridgehead atoms. The molecule has 5 rings (SSSR count). The second kappa shape index (κ2) is 11.2. The lowest BCUT2D eigenvalue weighted by Crippen LogP contribution is -2.50. The average molecular weight is 534 g/mol. The van der Waals surface area contributed by atoms with Crippen molar-refractivity contribution in [1.82, 2.24) is 10.2 Å². The van der Waals surface area contributed by atoms with E-state index in [1.807, 2.05) is 54.6 Å². The fraction of sp³-hybridized carbons (Fsp3) is 0.400. The quantitative estimate of drug-likeness (QED) is 0.420. The van der Waals surface area contributed by atoms with E-state index in [1.165, 1.54) is 10.7 Å². The molecule has 2 aliphatic rings. The second-order valence-corrected chi connectivity index (χ2v) is 12.2. The van der Waals surface area contributed by atoms with E-state index >= 15 is 0 Å². The lowest BCUT2D eigenvalue weighted by Gasteiger charge is -2.31. The molecule has 0 aromatic heterocycles. The third kappa shape index (κ3) is 5.27. The van der Waals surface area contributed by atoms with Crippen LogP contribution in [0, 0.1) is 0 Å². The highest BCUT2D eigenvalue weighted by Gasteiger charge is 2.35. The van der Waals surface area contributed by atoms with Gasteiger partial charge in [0.25, 0.3) is 10.0 Å². The van der Waals surface area contributed by atoms with Crippen LogP contribution in [0.5, 0.6) is 0 Å². The van der Waals surface area contributed by atoms with Gasteiger partial charge in [-0.25, -0.2) is 8.42 Å². The molecule has 0 saturated heterocycles. The fourth-order valence-corrected chi connectivity index (χ4v) is 7.40. The van der Waals surface area contributed by atoms with E-state index in [0.29, 0.717) is 23.5 Å². The van der Waals surface area contributed by atoms with Crippen molar-refractivity contribution in [3.05, 3.63) is 72.3 Å². The predicted octanol–water partition coefficient (Wildman–Crippen LogP) is 4.99. The van der Waals surface area contributed by atoms with Gasteiger partial charge in [0.15, 0.2) is 0 Å². The Balaban J connectivity index is 1.28. The van der Waals surface area contributed by atoms with Gasteiger partial charge in [-0.15, -0.1) is 0 Å². The van der Waals surface area contributed by atoms with Crippen molar-refractivity contribution >= 4 is 38.3 Å². The summed E-state index contributed by atoms with van der Waals surface area (Å²) in [6, 6.07) is 20.1. The minimum absolute atomic E-state index is 0.134. The lowest BCUT2D eigenvalue weighted by molar-refractivity contribution is -0.141. The molecule has 0 radical (unpaired) electrons. The van der Waals surface area contributed by atoms with Crippen LogP contribution in [0.4, 0.5) is 5.69 Å². The highest BCUT2D eigenvalue weighted by molar-refractivity contribution is 7.93. The molecule has 7 nitrogen and oxygen atoms in total. The number of carbonyl (C=O) groups is 2. The number of hydrogen-bond acceptors (Lipinski definition) is 4. The minimum Gasteiger partial charge on any atom is -0.352 e. The van der Waals surface area contributed by atoms with Crippen LogP contribution in [0.15, 0.2) is 71.6 Å². The van der Waals surface area contributed by atoms with Gasteiger partial charge in [-0.3, -0.25) is 13.9 Å². The molecule has 1 heterocycles. The molecule has 1 saturated carbocycles. The van der Waals surface area contributed by atoms with Gasteiger partial charge in [0, 0.05) is 30.9 Å².